The number of hydrogen-bond donors (Lipinski definition) is 2. The van der Waals surface area contributed by atoms with Gasteiger partial charge in [0.1, 0.15) is 5.75 Å². The second kappa shape index (κ2) is 8.84. The van der Waals surface area contributed by atoms with Crippen molar-refractivity contribution in [1.29, 1.82) is 0 Å². The summed E-state index contributed by atoms with van der Waals surface area (Å²) in [6.07, 6.45) is 2.02. The summed E-state index contributed by atoms with van der Waals surface area (Å²) in [6.45, 7) is 0.385. The highest BCUT2D eigenvalue weighted by atomic mass is 35.5. The van der Waals surface area contributed by atoms with Gasteiger partial charge in [0.2, 0.25) is 0 Å². The molecule has 5 heteroatoms. The van der Waals surface area contributed by atoms with E-state index in [1.165, 1.54) is 0 Å². The molecule has 0 aliphatic heterocycles. The lowest BCUT2D eigenvalue weighted by molar-refractivity contribution is -0.123. The number of benzene rings is 3. The van der Waals surface area contributed by atoms with Crippen LogP contribution in [0.15, 0.2) is 85.1 Å². The van der Waals surface area contributed by atoms with Gasteiger partial charge >= 0.3 is 0 Å². The molecule has 0 saturated heterocycles. The zero-order valence-corrected chi connectivity index (χ0v) is 16.5. The van der Waals surface area contributed by atoms with Gasteiger partial charge < -0.3 is 15.0 Å². The summed E-state index contributed by atoms with van der Waals surface area (Å²) in [6, 6.07) is 25.5. The zero-order chi connectivity index (χ0) is 20.1. The Balaban J connectivity index is 1.49. The lowest BCUT2D eigenvalue weighted by Crippen LogP contribution is -2.32. The Kier molecular flexibility index (Phi) is 5.82. The Morgan fingerprint density at radius 1 is 0.966 bits per heavy atom. The molecular formula is C24H21ClN2O2. The average Bonchev–Trinajstić information content (AvgIpc) is 3.18. The molecule has 4 nitrogen and oxygen atoms in total. The van der Waals surface area contributed by atoms with Crippen LogP contribution in [0.5, 0.6) is 5.75 Å². The number of fused-ring (bicyclic) bond motifs is 1. The largest absolute Gasteiger partial charge is 0.482 e. The minimum Gasteiger partial charge on any atom is -0.482 e. The number of rotatable bonds is 7. The fourth-order valence-corrected chi connectivity index (χ4v) is 3.64. The SMILES string of the molecule is O=C(COc1ccccc1Cl)NC[C@@H](c1ccccc1)c1c[nH]c2ccccc12. The van der Waals surface area contributed by atoms with Gasteiger partial charge in [0.05, 0.1) is 5.02 Å². The van der Waals surface area contributed by atoms with Crippen molar-refractivity contribution in [2.24, 2.45) is 0 Å². The quantitative estimate of drug-likeness (QED) is 0.447. The monoisotopic (exact) mass is 404 g/mol. The van der Waals surface area contributed by atoms with E-state index in [0.29, 0.717) is 17.3 Å². The molecule has 0 fully saturated rings. The van der Waals surface area contributed by atoms with Crippen LogP contribution in [0.25, 0.3) is 10.9 Å². The summed E-state index contributed by atoms with van der Waals surface area (Å²) in [5.74, 6) is 0.336. The van der Waals surface area contributed by atoms with E-state index in [1.807, 2.05) is 48.7 Å². The second-order valence-corrected chi connectivity index (χ2v) is 7.18. The topological polar surface area (TPSA) is 54.1 Å². The number of aromatic amines is 1. The maximum absolute atomic E-state index is 12.4. The maximum atomic E-state index is 12.4. The molecule has 1 amide bonds. The first-order valence-electron chi connectivity index (χ1n) is 9.47. The van der Waals surface area contributed by atoms with Gasteiger partial charge in [-0.1, -0.05) is 72.3 Å². The van der Waals surface area contributed by atoms with E-state index in [-0.39, 0.29) is 18.4 Å². The number of aromatic nitrogens is 1. The first-order valence-corrected chi connectivity index (χ1v) is 9.85. The van der Waals surface area contributed by atoms with Crippen molar-refractivity contribution < 1.29 is 9.53 Å². The molecule has 3 aromatic carbocycles. The molecule has 4 aromatic rings. The molecule has 0 radical (unpaired) electrons. The fraction of sp³-hybridized carbons (Fsp3) is 0.125. The first-order chi connectivity index (χ1) is 14.2. The van der Waals surface area contributed by atoms with Crippen molar-refractivity contribution in [3.8, 4) is 5.75 Å². The van der Waals surface area contributed by atoms with E-state index < -0.39 is 0 Å². The Morgan fingerprint density at radius 2 is 1.69 bits per heavy atom. The number of carbonyl (C=O) groups excluding carboxylic acids is 1. The lowest BCUT2D eigenvalue weighted by atomic mass is 9.91. The van der Waals surface area contributed by atoms with Gasteiger partial charge in [0.15, 0.2) is 6.61 Å². The zero-order valence-electron chi connectivity index (χ0n) is 15.8. The average molecular weight is 405 g/mol. The minimum atomic E-state index is -0.189. The van der Waals surface area contributed by atoms with Crippen molar-refractivity contribution >= 4 is 28.4 Å². The Hall–Kier alpha value is -3.24. The smallest absolute Gasteiger partial charge is 0.257 e. The third-order valence-corrected chi connectivity index (χ3v) is 5.21. The summed E-state index contributed by atoms with van der Waals surface area (Å²) < 4.78 is 5.55. The van der Waals surface area contributed by atoms with Crippen LogP contribution in [0.4, 0.5) is 0 Å². The minimum absolute atomic E-state index is 0.0246. The van der Waals surface area contributed by atoms with E-state index in [4.69, 9.17) is 16.3 Å². The van der Waals surface area contributed by atoms with E-state index in [1.54, 1.807) is 12.1 Å². The summed E-state index contributed by atoms with van der Waals surface area (Å²) in [5, 5.41) is 4.65. The van der Waals surface area contributed by atoms with Crippen molar-refractivity contribution in [3.05, 3.63) is 101 Å². The van der Waals surface area contributed by atoms with Crippen LogP contribution in [0.3, 0.4) is 0 Å². The van der Waals surface area contributed by atoms with Gasteiger partial charge in [-0.15, -0.1) is 0 Å². The number of ether oxygens (including phenoxy) is 1. The van der Waals surface area contributed by atoms with Crippen molar-refractivity contribution in [1.82, 2.24) is 10.3 Å². The van der Waals surface area contributed by atoms with Gasteiger partial charge in [0, 0.05) is 29.6 Å². The molecule has 1 atom stereocenters. The van der Waals surface area contributed by atoms with Gasteiger partial charge in [-0.05, 0) is 29.3 Å². The molecule has 1 aromatic heterocycles. The molecule has 0 aliphatic carbocycles. The predicted molar refractivity (Wildman–Crippen MR) is 117 cm³/mol. The molecule has 29 heavy (non-hydrogen) atoms. The molecule has 0 aliphatic rings. The molecule has 0 spiro atoms. The molecule has 2 N–H and O–H groups in total. The van der Waals surface area contributed by atoms with Crippen LogP contribution in [0.2, 0.25) is 5.02 Å². The van der Waals surface area contributed by atoms with Crippen LogP contribution in [0, 0.1) is 0 Å². The van der Waals surface area contributed by atoms with Gasteiger partial charge in [-0.2, -0.15) is 0 Å². The highest BCUT2D eigenvalue weighted by Crippen LogP contribution is 2.30. The van der Waals surface area contributed by atoms with Crippen LogP contribution < -0.4 is 10.1 Å². The number of nitrogens with one attached hydrogen (secondary N) is 2. The highest BCUT2D eigenvalue weighted by Gasteiger charge is 2.19. The van der Waals surface area contributed by atoms with Crippen LogP contribution in [-0.2, 0) is 4.79 Å². The summed E-state index contributed by atoms with van der Waals surface area (Å²) >= 11 is 6.08. The molecule has 0 bridgehead atoms. The van der Waals surface area contributed by atoms with Crippen LogP contribution >= 0.6 is 11.6 Å². The third kappa shape index (κ3) is 4.44. The molecule has 4 rings (SSSR count). The summed E-state index contributed by atoms with van der Waals surface area (Å²) in [5.41, 5.74) is 3.38. The lowest BCUT2D eigenvalue weighted by Gasteiger charge is -2.18. The Labute approximate surface area is 174 Å². The number of halogens is 1. The fourth-order valence-electron chi connectivity index (χ4n) is 3.45. The number of amides is 1. The van der Waals surface area contributed by atoms with Gasteiger partial charge in [-0.3, -0.25) is 4.79 Å². The second-order valence-electron chi connectivity index (χ2n) is 6.78. The molecule has 0 saturated carbocycles. The maximum Gasteiger partial charge on any atom is 0.257 e. The van der Waals surface area contributed by atoms with Crippen molar-refractivity contribution in [2.75, 3.05) is 13.2 Å². The predicted octanol–water partition coefficient (Wildman–Crippen LogP) is 5.15. The highest BCUT2D eigenvalue weighted by molar-refractivity contribution is 6.32. The number of hydrogen-bond acceptors (Lipinski definition) is 2. The van der Waals surface area contributed by atoms with E-state index >= 15 is 0 Å². The third-order valence-electron chi connectivity index (χ3n) is 4.90. The van der Waals surface area contributed by atoms with E-state index in [9.17, 15) is 4.79 Å². The van der Waals surface area contributed by atoms with Crippen LogP contribution in [0.1, 0.15) is 17.0 Å². The Bertz CT molecular complexity index is 1110. The number of carbonyl (C=O) groups is 1. The van der Waals surface area contributed by atoms with Crippen molar-refractivity contribution in [3.63, 3.8) is 0 Å². The molecular weight excluding hydrogens is 384 g/mol. The van der Waals surface area contributed by atoms with Crippen molar-refractivity contribution in [2.45, 2.75) is 5.92 Å². The number of H-pyrrole nitrogens is 1. The standard InChI is InChI=1S/C24H21ClN2O2/c25-21-11-5-7-13-23(21)29-16-24(28)27-14-19(17-8-2-1-3-9-17)20-15-26-22-12-6-4-10-18(20)22/h1-13,15,19,26H,14,16H2,(H,27,28)/t19-/m0/s1. The van der Waals surface area contributed by atoms with Gasteiger partial charge in [0.25, 0.3) is 5.91 Å². The van der Waals surface area contributed by atoms with E-state index in [2.05, 4.69) is 34.6 Å². The molecule has 146 valence electrons. The normalized spacial score (nSPS) is 11.9. The number of para-hydroxylation sites is 2. The summed E-state index contributed by atoms with van der Waals surface area (Å²) in [4.78, 5) is 15.7. The summed E-state index contributed by atoms with van der Waals surface area (Å²) in [7, 11) is 0. The molecule has 0 unspecified atom stereocenters. The molecule has 1 heterocycles. The van der Waals surface area contributed by atoms with Gasteiger partial charge in [-0.25, -0.2) is 0 Å². The van der Waals surface area contributed by atoms with Crippen LogP contribution in [-0.4, -0.2) is 24.0 Å². The first kappa shape index (κ1) is 19.1. The Morgan fingerprint density at radius 3 is 2.52 bits per heavy atom. The van der Waals surface area contributed by atoms with E-state index in [0.717, 1.165) is 22.0 Å².